The molecule has 0 aromatic heterocycles. The van der Waals surface area contributed by atoms with Crippen LogP contribution in [0.4, 0.5) is 4.79 Å². The zero-order chi connectivity index (χ0) is 19.1. The molecule has 2 heterocycles. The summed E-state index contributed by atoms with van der Waals surface area (Å²) in [5.74, 6) is 1.08. The molecule has 0 aliphatic carbocycles. The number of carbonyl (C=O) groups excluding carboxylic acids is 1. The van der Waals surface area contributed by atoms with Crippen LogP contribution in [0.2, 0.25) is 0 Å². The Hall–Kier alpha value is -1.59. The van der Waals surface area contributed by atoms with Gasteiger partial charge in [0.2, 0.25) is 0 Å². The Bertz CT molecular complexity index is 579. The minimum absolute atomic E-state index is 0.0114. The quantitative estimate of drug-likeness (QED) is 0.774. The summed E-state index contributed by atoms with van der Waals surface area (Å²) in [5, 5.41) is 6.34. The summed E-state index contributed by atoms with van der Waals surface area (Å²) in [6.07, 6.45) is 3.44. The number of rotatable bonds is 7. The average Bonchev–Trinajstić information content (AvgIpc) is 3.11. The van der Waals surface area contributed by atoms with Crippen LogP contribution in [-0.4, -0.2) is 61.1 Å². The van der Waals surface area contributed by atoms with Crippen LogP contribution in [0.1, 0.15) is 38.7 Å². The third kappa shape index (κ3) is 6.22. The van der Waals surface area contributed by atoms with Crippen molar-refractivity contribution in [1.82, 2.24) is 20.4 Å². The number of hydrogen-bond acceptors (Lipinski definition) is 3. The Morgan fingerprint density at radius 1 is 1.11 bits per heavy atom. The maximum Gasteiger partial charge on any atom is 0.315 e. The second kappa shape index (κ2) is 10.1. The molecule has 1 aromatic rings. The molecule has 3 atom stereocenters. The summed E-state index contributed by atoms with van der Waals surface area (Å²) in [7, 11) is 0. The maximum atomic E-state index is 12.3. The lowest BCUT2D eigenvalue weighted by molar-refractivity contribution is 0.142. The fraction of sp³-hybridized carbons (Fsp3) is 0.682. The highest BCUT2D eigenvalue weighted by atomic mass is 16.2. The summed E-state index contributed by atoms with van der Waals surface area (Å²) in [4.78, 5) is 17.3. The molecule has 2 aliphatic heterocycles. The highest BCUT2D eigenvalue weighted by molar-refractivity contribution is 5.74. The molecule has 1 aromatic carbocycles. The summed E-state index contributed by atoms with van der Waals surface area (Å²) in [6, 6.07) is 10.9. The Labute approximate surface area is 164 Å². The molecule has 2 saturated heterocycles. The lowest BCUT2D eigenvalue weighted by atomic mass is 9.93. The van der Waals surface area contributed by atoms with Crippen molar-refractivity contribution < 1.29 is 4.79 Å². The van der Waals surface area contributed by atoms with Gasteiger partial charge in [0.05, 0.1) is 0 Å². The minimum atomic E-state index is 0.0114. The largest absolute Gasteiger partial charge is 0.338 e. The van der Waals surface area contributed by atoms with Crippen LogP contribution in [0.5, 0.6) is 0 Å². The Morgan fingerprint density at radius 2 is 1.89 bits per heavy atom. The van der Waals surface area contributed by atoms with E-state index >= 15 is 0 Å². The van der Waals surface area contributed by atoms with E-state index in [0.717, 1.165) is 39.1 Å². The van der Waals surface area contributed by atoms with Gasteiger partial charge in [-0.25, -0.2) is 4.79 Å². The molecule has 2 fully saturated rings. The first kappa shape index (κ1) is 20.2. The van der Waals surface area contributed by atoms with Gasteiger partial charge < -0.3 is 15.5 Å². The first-order valence-electron chi connectivity index (χ1n) is 10.7. The molecule has 5 heteroatoms. The van der Waals surface area contributed by atoms with Gasteiger partial charge in [0.15, 0.2) is 0 Å². The summed E-state index contributed by atoms with van der Waals surface area (Å²) in [6.45, 7) is 11.8. The minimum Gasteiger partial charge on any atom is -0.338 e. The number of piperidine rings is 1. The van der Waals surface area contributed by atoms with E-state index in [0.29, 0.717) is 11.8 Å². The molecule has 3 rings (SSSR count). The monoisotopic (exact) mass is 372 g/mol. The molecular formula is C22H36N4O. The molecule has 0 bridgehead atoms. The van der Waals surface area contributed by atoms with Gasteiger partial charge in [-0.1, -0.05) is 44.2 Å². The molecule has 5 nitrogen and oxygen atoms in total. The van der Waals surface area contributed by atoms with Gasteiger partial charge in [0.25, 0.3) is 0 Å². The maximum absolute atomic E-state index is 12.3. The molecule has 0 saturated carbocycles. The molecule has 2 aliphatic rings. The van der Waals surface area contributed by atoms with Crippen molar-refractivity contribution in [2.75, 3.05) is 39.3 Å². The van der Waals surface area contributed by atoms with Crippen LogP contribution in [0.25, 0.3) is 0 Å². The van der Waals surface area contributed by atoms with E-state index in [1.165, 1.54) is 31.5 Å². The van der Waals surface area contributed by atoms with Crippen molar-refractivity contribution in [3.05, 3.63) is 35.9 Å². The van der Waals surface area contributed by atoms with Gasteiger partial charge >= 0.3 is 6.03 Å². The van der Waals surface area contributed by atoms with Gasteiger partial charge in [-0.05, 0) is 49.8 Å². The van der Waals surface area contributed by atoms with Crippen LogP contribution in [0, 0.1) is 11.8 Å². The third-order valence-electron chi connectivity index (χ3n) is 6.02. The van der Waals surface area contributed by atoms with Crippen molar-refractivity contribution in [3.8, 4) is 0 Å². The third-order valence-corrected chi connectivity index (χ3v) is 6.02. The van der Waals surface area contributed by atoms with Crippen molar-refractivity contribution >= 4 is 6.03 Å². The SMILES string of the molecule is CCCN1CCC(CNC(=O)NC2CCN(Cc3ccccc3)CC2C)C1. The first-order chi connectivity index (χ1) is 13.1. The number of carbonyl (C=O) groups is 1. The molecule has 27 heavy (non-hydrogen) atoms. The molecule has 2 amide bonds. The van der Waals surface area contributed by atoms with E-state index in [4.69, 9.17) is 0 Å². The zero-order valence-electron chi connectivity index (χ0n) is 17.0. The molecule has 0 spiro atoms. The van der Waals surface area contributed by atoms with Crippen LogP contribution in [0.15, 0.2) is 30.3 Å². The molecular weight excluding hydrogens is 336 g/mol. The van der Waals surface area contributed by atoms with Gasteiger partial charge in [-0.15, -0.1) is 0 Å². The number of hydrogen-bond donors (Lipinski definition) is 2. The van der Waals surface area contributed by atoms with E-state index in [2.05, 4.69) is 64.6 Å². The number of urea groups is 1. The Kier molecular flexibility index (Phi) is 7.53. The van der Waals surface area contributed by atoms with Crippen molar-refractivity contribution in [3.63, 3.8) is 0 Å². The second-order valence-corrected chi connectivity index (χ2v) is 8.40. The lowest BCUT2D eigenvalue weighted by Gasteiger charge is -2.37. The lowest BCUT2D eigenvalue weighted by Crippen LogP contribution is -2.52. The van der Waals surface area contributed by atoms with Gasteiger partial charge in [0, 0.05) is 38.8 Å². The van der Waals surface area contributed by atoms with Crippen LogP contribution >= 0.6 is 0 Å². The normalized spacial score (nSPS) is 26.8. The van der Waals surface area contributed by atoms with E-state index in [9.17, 15) is 4.79 Å². The predicted molar refractivity (Wildman–Crippen MR) is 111 cm³/mol. The molecule has 2 N–H and O–H groups in total. The standard InChI is InChI=1S/C22H36N4O/c1-3-11-25-12-9-20(17-25)14-23-22(27)24-21-10-13-26(15-18(21)2)16-19-7-5-4-6-8-19/h4-8,18,20-21H,3,9-17H2,1-2H3,(H2,23,24,27). The van der Waals surface area contributed by atoms with Crippen LogP contribution < -0.4 is 10.6 Å². The van der Waals surface area contributed by atoms with Crippen molar-refractivity contribution in [2.45, 2.75) is 45.7 Å². The number of benzene rings is 1. The average molecular weight is 373 g/mol. The fourth-order valence-electron chi connectivity index (χ4n) is 4.49. The molecule has 0 radical (unpaired) electrons. The van der Waals surface area contributed by atoms with Crippen molar-refractivity contribution in [1.29, 1.82) is 0 Å². The highest BCUT2D eigenvalue weighted by Crippen LogP contribution is 2.19. The number of nitrogens with one attached hydrogen (secondary N) is 2. The fourth-order valence-corrected chi connectivity index (χ4v) is 4.49. The number of nitrogens with zero attached hydrogens (tertiary/aromatic N) is 2. The summed E-state index contributed by atoms with van der Waals surface area (Å²) >= 11 is 0. The zero-order valence-corrected chi connectivity index (χ0v) is 17.0. The van der Waals surface area contributed by atoms with Crippen LogP contribution in [-0.2, 0) is 6.54 Å². The van der Waals surface area contributed by atoms with Gasteiger partial charge in [0.1, 0.15) is 0 Å². The second-order valence-electron chi connectivity index (χ2n) is 8.40. The summed E-state index contributed by atoms with van der Waals surface area (Å²) < 4.78 is 0. The van der Waals surface area contributed by atoms with Gasteiger partial charge in [-0.2, -0.15) is 0 Å². The topological polar surface area (TPSA) is 47.6 Å². The van der Waals surface area contributed by atoms with E-state index in [1.54, 1.807) is 0 Å². The molecule has 150 valence electrons. The smallest absolute Gasteiger partial charge is 0.315 e. The van der Waals surface area contributed by atoms with Crippen LogP contribution in [0.3, 0.4) is 0 Å². The first-order valence-corrected chi connectivity index (χ1v) is 10.7. The van der Waals surface area contributed by atoms with Gasteiger partial charge in [-0.3, -0.25) is 4.90 Å². The summed E-state index contributed by atoms with van der Waals surface area (Å²) in [5.41, 5.74) is 1.36. The number of likely N-dealkylation sites (tertiary alicyclic amines) is 2. The van der Waals surface area contributed by atoms with Crippen molar-refractivity contribution in [2.24, 2.45) is 11.8 Å². The molecule has 3 unspecified atom stereocenters. The van der Waals surface area contributed by atoms with E-state index in [1.807, 2.05) is 0 Å². The Balaban J connectivity index is 1.35. The predicted octanol–water partition coefficient (Wildman–Crippen LogP) is 2.93. The van der Waals surface area contributed by atoms with E-state index < -0.39 is 0 Å². The Morgan fingerprint density at radius 3 is 2.63 bits per heavy atom. The number of amides is 2. The van der Waals surface area contributed by atoms with E-state index in [-0.39, 0.29) is 12.1 Å². The highest BCUT2D eigenvalue weighted by Gasteiger charge is 2.28.